The van der Waals surface area contributed by atoms with Crippen LogP contribution in [0, 0.1) is 11.3 Å². The number of hydrogen-bond acceptors (Lipinski definition) is 2. The monoisotopic (exact) mass is 235 g/mol. The van der Waals surface area contributed by atoms with Gasteiger partial charge in [0, 0.05) is 5.56 Å². The molecule has 0 atom stereocenters. The minimum atomic E-state index is 0.685. The first-order valence-corrected chi connectivity index (χ1v) is 6.14. The molecular weight excluding hydrogens is 222 g/mol. The first-order valence-electron chi connectivity index (χ1n) is 6.14. The average molecular weight is 235 g/mol. The Labute approximate surface area is 106 Å². The molecule has 0 aromatic heterocycles. The Bertz CT molecular complexity index is 608. The van der Waals surface area contributed by atoms with Crippen LogP contribution in [0.25, 0.3) is 11.1 Å². The third kappa shape index (κ3) is 1.84. The molecule has 2 heteroatoms. The second-order valence-corrected chi connectivity index (χ2v) is 4.43. The summed E-state index contributed by atoms with van der Waals surface area (Å²) in [6.45, 7) is 0.792. The van der Waals surface area contributed by atoms with E-state index >= 15 is 0 Å². The molecule has 0 aliphatic carbocycles. The van der Waals surface area contributed by atoms with Gasteiger partial charge in [-0.05, 0) is 36.1 Å². The summed E-state index contributed by atoms with van der Waals surface area (Å²) in [5.74, 6) is 1.01. The maximum absolute atomic E-state index is 8.82. The van der Waals surface area contributed by atoms with Crippen LogP contribution in [-0.2, 0) is 6.42 Å². The van der Waals surface area contributed by atoms with E-state index in [9.17, 15) is 0 Å². The van der Waals surface area contributed by atoms with Gasteiger partial charge in [-0.15, -0.1) is 0 Å². The molecule has 0 fully saturated rings. The highest BCUT2D eigenvalue weighted by atomic mass is 16.5. The van der Waals surface area contributed by atoms with E-state index in [4.69, 9.17) is 10.00 Å². The normalized spacial score (nSPS) is 13.3. The zero-order valence-electron chi connectivity index (χ0n) is 10.0. The number of para-hydroxylation sites is 1. The van der Waals surface area contributed by atoms with Crippen molar-refractivity contribution in [1.29, 1.82) is 5.26 Å². The van der Waals surface area contributed by atoms with Gasteiger partial charge in [0.15, 0.2) is 0 Å². The van der Waals surface area contributed by atoms with Gasteiger partial charge in [-0.1, -0.05) is 30.3 Å². The SMILES string of the molecule is N#Cc1ccc(-c2cccc3c2OCCC3)cc1. The molecule has 3 rings (SSSR count). The van der Waals surface area contributed by atoms with E-state index in [1.165, 1.54) is 5.56 Å². The molecule has 0 N–H and O–H groups in total. The molecule has 0 saturated heterocycles. The van der Waals surface area contributed by atoms with Crippen molar-refractivity contribution < 1.29 is 4.74 Å². The zero-order valence-corrected chi connectivity index (χ0v) is 10.0. The molecule has 1 heterocycles. The molecule has 1 aliphatic heterocycles. The van der Waals surface area contributed by atoms with E-state index in [0.717, 1.165) is 36.3 Å². The summed E-state index contributed by atoms with van der Waals surface area (Å²) in [5.41, 5.74) is 4.19. The largest absolute Gasteiger partial charge is 0.493 e. The van der Waals surface area contributed by atoms with Crippen molar-refractivity contribution in [2.75, 3.05) is 6.61 Å². The lowest BCUT2D eigenvalue weighted by Crippen LogP contribution is -2.09. The fourth-order valence-electron chi connectivity index (χ4n) is 2.34. The second kappa shape index (κ2) is 4.54. The van der Waals surface area contributed by atoms with Gasteiger partial charge < -0.3 is 4.74 Å². The zero-order chi connectivity index (χ0) is 12.4. The number of nitrogens with zero attached hydrogens (tertiary/aromatic N) is 1. The molecule has 0 bridgehead atoms. The lowest BCUT2D eigenvalue weighted by Gasteiger charge is -2.20. The van der Waals surface area contributed by atoms with Gasteiger partial charge >= 0.3 is 0 Å². The third-order valence-electron chi connectivity index (χ3n) is 3.26. The van der Waals surface area contributed by atoms with Gasteiger partial charge in [0.2, 0.25) is 0 Å². The number of benzene rings is 2. The molecule has 2 aromatic carbocycles. The van der Waals surface area contributed by atoms with Crippen molar-refractivity contribution in [2.24, 2.45) is 0 Å². The van der Waals surface area contributed by atoms with Gasteiger partial charge in [-0.3, -0.25) is 0 Å². The Balaban J connectivity index is 2.08. The molecule has 88 valence electrons. The molecule has 2 nitrogen and oxygen atoms in total. The Morgan fingerprint density at radius 3 is 2.67 bits per heavy atom. The summed E-state index contributed by atoms with van der Waals surface area (Å²) in [6, 6.07) is 16.1. The van der Waals surface area contributed by atoms with Gasteiger partial charge in [0.05, 0.1) is 18.2 Å². The maximum atomic E-state index is 8.82. The molecule has 2 aromatic rings. The Morgan fingerprint density at radius 1 is 1.06 bits per heavy atom. The van der Waals surface area contributed by atoms with Crippen LogP contribution in [0.1, 0.15) is 17.5 Å². The van der Waals surface area contributed by atoms with Crippen molar-refractivity contribution in [2.45, 2.75) is 12.8 Å². The van der Waals surface area contributed by atoms with Crippen molar-refractivity contribution in [3.63, 3.8) is 0 Å². The van der Waals surface area contributed by atoms with E-state index in [1.807, 2.05) is 24.3 Å². The fraction of sp³-hybridized carbons (Fsp3) is 0.188. The Morgan fingerprint density at radius 2 is 1.89 bits per heavy atom. The number of ether oxygens (including phenoxy) is 1. The van der Waals surface area contributed by atoms with Gasteiger partial charge in [0.25, 0.3) is 0 Å². The van der Waals surface area contributed by atoms with E-state index < -0.39 is 0 Å². The molecule has 0 spiro atoms. The van der Waals surface area contributed by atoms with Crippen LogP contribution in [-0.4, -0.2) is 6.61 Å². The van der Waals surface area contributed by atoms with Crippen molar-refractivity contribution in [1.82, 2.24) is 0 Å². The molecule has 18 heavy (non-hydrogen) atoms. The molecule has 0 radical (unpaired) electrons. The van der Waals surface area contributed by atoms with Crippen LogP contribution in [0.15, 0.2) is 42.5 Å². The van der Waals surface area contributed by atoms with Gasteiger partial charge in [-0.25, -0.2) is 0 Å². The molecular formula is C16H13NO. The fourth-order valence-corrected chi connectivity index (χ4v) is 2.34. The summed E-state index contributed by atoms with van der Waals surface area (Å²) in [4.78, 5) is 0. The van der Waals surface area contributed by atoms with Crippen LogP contribution in [0.2, 0.25) is 0 Å². The Kier molecular flexibility index (Phi) is 2.74. The van der Waals surface area contributed by atoms with Crippen LogP contribution >= 0.6 is 0 Å². The minimum Gasteiger partial charge on any atom is -0.493 e. The number of rotatable bonds is 1. The van der Waals surface area contributed by atoms with Crippen molar-refractivity contribution in [3.05, 3.63) is 53.6 Å². The van der Waals surface area contributed by atoms with Crippen LogP contribution < -0.4 is 4.74 Å². The lowest BCUT2D eigenvalue weighted by atomic mass is 9.97. The number of hydrogen-bond donors (Lipinski definition) is 0. The highest BCUT2D eigenvalue weighted by molar-refractivity contribution is 5.72. The summed E-state index contributed by atoms with van der Waals surface area (Å²) >= 11 is 0. The summed E-state index contributed by atoms with van der Waals surface area (Å²) < 4.78 is 5.80. The molecule has 0 unspecified atom stereocenters. The lowest BCUT2D eigenvalue weighted by molar-refractivity contribution is 0.289. The third-order valence-corrected chi connectivity index (χ3v) is 3.26. The van der Waals surface area contributed by atoms with E-state index in [-0.39, 0.29) is 0 Å². The number of nitriles is 1. The van der Waals surface area contributed by atoms with Gasteiger partial charge in [0.1, 0.15) is 5.75 Å². The first-order chi connectivity index (χ1) is 8.88. The van der Waals surface area contributed by atoms with Crippen molar-refractivity contribution in [3.8, 4) is 22.9 Å². The predicted molar refractivity (Wildman–Crippen MR) is 70.4 cm³/mol. The summed E-state index contributed by atoms with van der Waals surface area (Å²) in [7, 11) is 0. The first kappa shape index (κ1) is 10.9. The predicted octanol–water partition coefficient (Wildman–Crippen LogP) is 3.55. The second-order valence-electron chi connectivity index (χ2n) is 4.43. The highest BCUT2D eigenvalue weighted by Gasteiger charge is 2.15. The van der Waals surface area contributed by atoms with Crippen molar-refractivity contribution >= 4 is 0 Å². The molecule has 0 saturated carbocycles. The quantitative estimate of drug-likeness (QED) is 0.757. The smallest absolute Gasteiger partial charge is 0.130 e. The van der Waals surface area contributed by atoms with Crippen LogP contribution in [0.3, 0.4) is 0 Å². The molecule has 0 amide bonds. The minimum absolute atomic E-state index is 0.685. The average Bonchev–Trinajstić information content (AvgIpc) is 2.47. The van der Waals surface area contributed by atoms with Gasteiger partial charge in [-0.2, -0.15) is 5.26 Å². The molecule has 1 aliphatic rings. The summed E-state index contributed by atoms with van der Waals surface area (Å²) in [5, 5.41) is 8.82. The topological polar surface area (TPSA) is 33.0 Å². The van der Waals surface area contributed by atoms with E-state index in [1.54, 1.807) is 0 Å². The van der Waals surface area contributed by atoms with Crippen LogP contribution in [0.5, 0.6) is 5.75 Å². The number of aryl methyl sites for hydroxylation is 1. The summed E-state index contributed by atoms with van der Waals surface area (Å²) in [6.07, 6.45) is 2.17. The van der Waals surface area contributed by atoms with E-state index in [2.05, 4.69) is 24.3 Å². The Hall–Kier alpha value is -2.27. The highest BCUT2D eigenvalue weighted by Crippen LogP contribution is 2.36. The van der Waals surface area contributed by atoms with E-state index in [0.29, 0.717) is 5.56 Å². The van der Waals surface area contributed by atoms with Crippen LogP contribution in [0.4, 0.5) is 0 Å². The maximum Gasteiger partial charge on any atom is 0.130 e. The standard InChI is InChI=1S/C16H13NO/c17-11-12-6-8-13(9-7-12)15-5-1-3-14-4-2-10-18-16(14)15/h1,3,5-9H,2,4,10H2. The number of fused-ring (bicyclic) bond motifs is 1.